The van der Waals surface area contributed by atoms with Crippen LogP contribution in [0.25, 0.3) is 6.08 Å². The average Bonchev–Trinajstić information content (AvgIpc) is 2.97. The van der Waals surface area contributed by atoms with Gasteiger partial charge in [0, 0.05) is 12.6 Å². The molecule has 1 aliphatic rings. The fourth-order valence-electron chi connectivity index (χ4n) is 1.89. The summed E-state index contributed by atoms with van der Waals surface area (Å²) in [5.74, 6) is -0.195. The molecule has 0 spiro atoms. The Balaban J connectivity index is 2.08. The van der Waals surface area contributed by atoms with E-state index >= 15 is 0 Å². The van der Waals surface area contributed by atoms with E-state index in [1.54, 1.807) is 6.92 Å². The molecule has 0 fully saturated rings. The van der Waals surface area contributed by atoms with Gasteiger partial charge < -0.3 is 20.1 Å². The third-order valence-electron chi connectivity index (χ3n) is 2.93. The molecule has 1 aliphatic heterocycles. The number of hydrogen-bond acceptors (Lipinski definition) is 6. The molecule has 1 heterocycles. The molecule has 23 heavy (non-hydrogen) atoms. The van der Waals surface area contributed by atoms with E-state index in [1.165, 1.54) is 18.2 Å². The maximum Gasteiger partial charge on any atom is 0.280 e. The van der Waals surface area contributed by atoms with Crippen LogP contribution in [0.15, 0.2) is 18.2 Å². The number of nitrogens with one attached hydrogen (secondary N) is 2. The fraction of sp³-hybridized carbons (Fsp3) is 0.286. The van der Waals surface area contributed by atoms with Crippen LogP contribution in [0.4, 0.5) is 5.69 Å². The van der Waals surface area contributed by atoms with Crippen LogP contribution in [-0.4, -0.2) is 36.6 Å². The summed E-state index contributed by atoms with van der Waals surface area (Å²) in [6.45, 7) is 2.05. The molecule has 1 aromatic rings. The number of fused-ring (bicyclic) bond motifs is 1. The van der Waals surface area contributed by atoms with Crippen molar-refractivity contribution in [1.82, 2.24) is 10.6 Å². The molecule has 9 heteroatoms. The first-order valence-corrected chi connectivity index (χ1v) is 6.82. The smallest absolute Gasteiger partial charge is 0.280 e. The van der Waals surface area contributed by atoms with Crippen molar-refractivity contribution >= 4 is 23.6 Å². The first-order valence-electron chi connectivity index (χ1n) is 6.82. The average molecular weight is 321 g/mol. The molecule has 1 aromatic carbocycles. The van der Waals surface area contributed by atoms with Crippen LogP contribution in [0, 0.1) is 10.1 Å². The molecule has 0 saturated carbocycles. The standard InChI is InChI=1S/C14H15N3O6/c1-2-15-14(19)7-16-13(18)4-3-9-5-11-12(23-8-22-11)6-10(9)17(20)21/h3-6H,2,7-8H2,1H3,(H,15,19)(H,16,18)/b4-3+. The minimum Gasteiger partial charge on any atom is -0.454 e. The molecule has 122 valence electrons. The molecule has 0 radical (unpaired) electrons. The van der Waals surface area contributed by atoms with Crippen molar-refractivity contribution in [3.8, 4) is 11.5 Å². The number of amides is 2. The number of nitro benzene ring substituents is 1. The summed E-state index contributed by atoms with van der Waals surface area (Å²) in [6.07, 6.45) is 2.40. The van der Waals surface area contributed by atoms with Crippen molar-refractivity contribution in [1.29, 1.82) is 0 Å². The van der Waals surface area contributed by atoms with E-state index in [0.717, 1.165) is 6.08 Å². The van der Waals surface area contributed by atoms with Gasteiger partial charge in [-0.3, -0.25) is 19.7 Å². The Morgan fingerprint density at radius 2 is 2.00 bits per heavy atom. The molecular formula is C14H15N3O6. The zero-order valence-electron chi connectivity index (χ0n) is 12.3. The van der Waals surface area contributed by atoms with Crippen LogP contribution < -0.4 is 20.1 Å². The molecule has 0 bridgehead atoms. The minimum atomic E-state index is -0.575. The van der Waals surface area contributed by atoms with Gasteiger partial charge in [-0.25, -0.2) is 0 Å². The SMILES string of the molecule is CCNC(=O)CNC(=O)/C=C/c1cc2c(cc1[N+](=O)[O-])OCO2. The van der Waals surface area contributed by atoms with E-state index in [4.69, 9.17) is 9.47 Å². The molecule has 0 unspecified atom stereocenters. The highest BCUT2D eigenvalue weighted by Crippen LogP contribution is 2.38. The van der Waals surface area contributed by atoms with Gasteiger partial charge in [0.2, 0.25) is 18.6 Å². The number of benzene rings is 1. The second kappa shape index (κ2) is 7.25. The van der Waals surface area contributed by atoms with Gasteiger partial charge in [0.05, 0.1) is 23.1 Å². The lowest BCUT2D eigenvalue weighted by molar-refractivity contribution is -0.385. The monoisotopic (exact) mass is 321 g/mol. The second-order valence-electron chi connectivity index (χ2n) is 4.53. The molecular weight excluding hydrogens is 306 g/mol. The van der Waals surface area contributed by atoms with Crippen LogP contribution in [0.1, 0.15) is 12.5 Å². The van der Waals surface area contributed by atoms with Gasteiger partial charge in [-0.1, -0.05) is 0 Å². The van der Waals surface area contributed by atoms with Crippen LogP contribution >= 0.6 is 0 Å². The Kier molecular flexibility index (Phi) is 5.13. The number of carbonyl (C=O) groups is 2. The van der Waals surface area contributed by atoms with E-state index in [0.29, 0.717) is 12.3 Å². The van der Waals surface area contributed by atoms with E-state index in [-0.39, 0.29) is 36.2 Å². The Morgan fingerprint density at radius 1 is 1.30 bits per heavy atom. The van der Waals surface area contributed by atoms with Crippen LogP contribution in [0.5, 0.6) is 11.5 Å². The molecule has 2 N–H and O–H groups in total. The molecule has 2 amide bonds. The van der Waals surface area contributed by atoms with Crippen LogP contribution in [0.3, 0.4) is 0 Å². The highest BCUT2D eigenvalue weighted by molar-refractivity contribution is 5.94. The van der Waals surface area contributed by atoms with Gasteiger partial charge in [0.1, 0.15) is 0 Å². The molecule has 0 saturated heterocycles. The largest absolute Gasteiger partial charge is 0.454 e. The lowest BCUT2D eigenvalue weighted by Gasteiger charge is -2.03. The van der Waals surface area contributed by atoms with Gasteiger partial charge in [-0.2, -0.15) is 0 Å². The van der Waals surface area contributed by atoms with Crippen LogP contribution in [-0.2, 0) is 9.59 Å². The topological polar surface area (TPSA) is 120 Å². The summed E-state index contributed by atoms with van der Waals surface area (Å²) in [6, 6.07) is 2.67. The maximum atomic E-state index is 11.6. The van der Waals surface area contributed by atoms with Crippen LogP contribution in [0.2, 0.25) is 0 Å². The summed E-state index contributed by atoms with van der Waals surface area (Å²) in [5.41, 5.74) is -0.00515. The highest BCUT2D eigenvalue weighted by Gasteiger charge is 2.22. The van der Waals surface area contributed by atoms with Gasteiger partial charge in [-0.15, -0.1) is 0 Å². The molecule has 0 aliphatic carbocycles. The van der Waals surface area contributed by atoms with E-state index in [9.17, 15) is 19.7 Å². The van der Waals surface area contributed by atoms with E-state index in [1.807, 2.05) is 0 Å². The van der Waals surface area contributed by atoms with Gasteiger partial charge in [0.15, 0.2) is 11.5 Å². The summed E-state index contributed by atoms with van der Waals surface area (Å²) < 4.78 is 10.2. The van der Waals surface area contributed by atoms with Crippen molar-refractivity contribution in [3.05, 3.63) is 33.9 Å². The van der Waals surface area contributed by atoms with E-state index < -0.39 is 10.8 Å². The lowest BCUT2D eigenvalue weighted by Crippen LogP contribution is -2.35. The van der Waals surface area contributed by atoms with Crippen molar-refractivity contribution in [2.24, 2.45) is 0 Å². The first kappa shape index (κ1) is 16.3. The predicted octanol–water partition coefficient (Wildman–Crippen LogP) is 0.589. The predicted molar refractivity (Wildman–Crippen MR) is 79.9 cm³/mol. The van der Waals surface area contributed by atoms with Crippen molar-refractivity contribution in [2.75, 3.05) is 19.9 Å². The van der Waals surface area contributed by atoms with Crippen molar-refractivity contribution < 1.29 is 24.0 Å². The lowest BCUT2D eigenvalue weighted by atomic mass is 10.1. The normalized spacial score (nSPS) is 12.2. The number of likely N-dealkylation sites (N-methyl/N-ethyl adjacent to an activating group) is 1. The fourth-order valence-corrected chi connectivity index (χ4v) is 1.89. The van der Waals surface area contributed by atoms with Gasteiger partial charge in [0.25, 0.3) is 5.69 Å². The Morgan fingerprint density at radius 3 is 2.65 bits per heavy atom. The number of nitro groups is 1. The second-order valence-corrected chi connectivity index (χ2v) is 4.53. The van der Waals surface area contributed by atoms with E-state index in [2.05, 4.69) is 10.6 Å². The Bertz CT molecular complexity index is 671. The maximum absolute atomic E-state index is 11.6. The highest BCUT2D eigenvalue weighted by atomic mass is 16.7. The zero-order valence-corrected chi connectivity index (χ0v) is 12.3. The molecule has 0 atom stereocenters. The molecule has 0 aromatic heterocycles. The quantitative estimate of drug-likeness (QED) is 0.449. The summed E-state index contributed by atoms with van der Waals surface area (Å²) in [5, 5.41) is 16.0. The first-order chi connectivity index (χ1) is 11.0. The van der Waals surface area contributed by atoms with Crippen molar-refractivity contribution in [2.45, 2.75) is 6.92 Å². The van der Waals surface area contributed by atoms with Crippen molar-refractivity contribution in [3.63, 3.8) is 0 Å². The van der Waals surface area contributed by atoms with Gasteiger partial charge >= 0.3 is 0 Å². The Hall–Kier alpha value is -3.10. The summed E-state index contributed by atoms with van der Waals surface area (Å²) in [7, 11) is 0. The Labute approximate surface area is 131 Å². The number of ether oxygens (including phenoxy) is 2. The summed E-state index contributed by atoms with van der Waals surface area (Å²) >= 11 is 0. The number of nitrogens with zero attached hydrogens (tertiary/aromatic N) is 1. The third kappa shape index (κ3) is 4.19. The molecule has 2 rings (SSSR count). The summed E-state index contributed by atoms with van der Waals surface area (Å²) in [4.78, 5) is 33.4. The third-order valence-corrected chi connectivity index (χ3v) is 2.93. The number of carbonyl (C=O) groups excluding carboxylic acids is 2. The molecule has 9 nitrogen and oxygen atoms in total. The minimum absolute atomic E-state index is 0.00726. The van der Waals surface area contributed by atoms with Gasteiger partial charge in [-0.05, 0) is 19.1 Å². The number of rotatable bonds is 6. The number of hydrogen-bond donors (Lipinski definition) is 2. The zero-order chi connectivity index (χ0) is 16.8.